The van der Waals surface area contributed by atoms with E-state index in [0.29, 0.717) is 41.6 Å². The molecule has 5 nitrogen and oxygen atoms in total. The Bertz CT molecular complexity index is 1420. The second-order valence-corrected chi connectivity index (χ2v) is 16.9. The molecule has 0 aliphatic heterocycles. The number of allylic oxidation sites excluding steroid dienone is 3. The second-order valence-electron chi connectivity index (χ2n) is 16.9. The smallest absolute Gasteiger partial charge is 0.337 e. The van der Waals surface area contributed by atoms with E-state index >= 15 is 0 Å². The Balaban J connectivity index is 1.34. The van der Waals surface area contributed by atoms with Crippen LogP contribution in [0.4, 0.5) is 0 Å². The average Bonchev–Trinajstić information content (AvgIpc) is 3.41. The molecule has 5 aliphatic rings. The van der Waals surface area contributed by atoms with Gasteiger partial charge in [0.15, 0.2) is 5.78 Å². The summed E-state index contributed by atoms with van der Waals surface area (Å²) < 4.78 is 4.94. The summed E-state index contributed by atoms with van der Waals surface area (Å²) in [5.74, 6) is 2.33. The van der Waals surface area contributed by atoms with Gasteiger partial charge in [0.1, 0.15) is 0 Å². The van der Waals surface area contributed by atoms with Crippen molar-refractivity contribution in [3.05, 3.63) is 53.6 Å². The number of benzene rings is 1. The molecule has 1 amide bonds. The third-order valence-electron chi connectivity index (χ3n) is 15.2. The number of methoxy groups -OCH3 is 1. The molecule has 6 rings (SSSR count). The second kappa shape index (κ2) is 10.9. The highest BCUT2D eigenvalue weighted by molar-refractivity contribution is 5.90. The van der Waals surface area contributed by atoms with E-state index in [-0.39, 0.29) is 45.4 Å². The van der Waals surface area contributed by atoms with Gasteiger partial charge < -0.3 is 10.1 Å². The minimum absolute atomic E-state index is 0.00901. The molecule has 0 bridgehead atoms. The number of ether oxygens (including phenoxy) is 1. The molecule has 5 aliphatic carbocycles. The Labute approximate surface area is 271 Å². The normalized spacial score (nSPS) is 41.3. The first-order valence-electron chi connectivity index (χ1n) is 17.5. The number of amides is 1. The Morgan fingerprint density at radius 2 is 1.64 bits per heavy atom. The summed E-state index contributed by atoms with van der Waals surface area (Å²) in [6.07, 6.45) is 13.1. The summed E-state index contributed by atoms with van der Waals surface area (Å²) in [7, 11) is 1.43. The molecule has 4 fully saturated rings. The van der Waals surface area contributed by atoms with Crippen LogP contribution in [0.15, 0.2) is 42.5 Å². The van der Waals surface area contributed by atoms with Crippen LogP contribution in [-0.2, 0) is 14.3 Å². The molecule has 1 aromatic rings. The van der Waals surface area contributed by atoms with Crippen molar-refractivity contribution in [2.45, 2.75) is 99.3 Å². The molecular weight excluding hydrogens is 558 g/mol. The highest BCUT2D eigenvalue weighted by Crippen LogP contribution is 2.77. The van der Waals surface area contributed by atoms with Gasteiger partial charge in [-0.25, -0.2) is 4.79 Å². The van der Waals surface area contributed by atoms with Crippen molar-refractivity contribution in [2.24, 2.45) is 56.7 Å². The van der Waals surface area contributed by atoms with Gasteiger partial charge in [-0.05, 0) is 139 Å². The summed E-state index contributed by atoms with van der Waals surface area (Å²) >= 11 is 0. The van der Waals surface area contributed by atoms with Crippen LogP contribution in [0.3, 0.4) is 0 Å². The van der Waals surface area contributed by atoms with Gasteiger partial charge in [0.2, 0.25) is 6.41 Å². The van der Waals surface area contributed by atoms with Crippen molar-refractivity contribution >= 4 is 23.7 Å². The quantitative estimate of drug-likeness (QED) is 0.190. The largest absolute Gasteiger partial charge is 0.465 e. The number of carbonyl (C=O) groups is 3. The van der Waals surface area contributed by atoms with Gasteiger partial charge >= 0.3 is 5.97 Å². The van der Waals surface area contributed by atoms with E-state index in [1.54, 1.807) is 0 Å². The van der Waals surface area contributed by atoms with E-state index in [2.05, 4.69) is 71.6 Å². The molecule has 0 spiro atoms. The first-order chi connectivity index (χ1) is 21.2. The van der Waals surface area contributed by atoms with E-state index in [1.165, 1.54) is 49.5 Å². The van der Waals surface area contributed by atoms with Crippen molar-refractivity contribution in [1.29, 1.82) is 0 Å². The maximum atomic E-state index is 13.9. The lowest BCUT2D eigenvalue weighted by Crippen LogP contribution is -2.66. The number of hydrogen-bond donors (Lipinski definition) is 1. The van der Waals surface area contributed by atoms with E-state index in [9.17, 15) is 14.4 Å². The van der Waals surface area contributed by atoms with Gasteiger partial charge in [0.25, 0.3) is 0 Å². The van der Waals surface area contributed by atoms with Crippen LogP contribution >= 0.6 is 0 Å². The Morgan fingerprint density at radius 1 is 0.933 bits per heavy atom. The molecule has 0 saturated heterocycles. The van der Waals surface area contributed by atoms with Gasteiger partial charge in [0, 0.05) is 5.41 Å². The minimum atomic E-state index is -0.331. The van der Waals surface area contributed by atoms with Crippen LogP contribution in [0.2, 0.25) is 0 Å². The molecule has 0 heterocycles. The topological polar surface area (TPSA) is 72.5 Å². The lowest BCUT2D eigenvalue weighted by molar-refractivity contribution is -0.224. The first-order valence-corrected chi connectivity index (χ1v) is 17.5. The number of rotatable bonds is 7. The Morgan fingerprint density at radius 3 is 2.29 bits per heavy atom. The number of carbonyl (C=O) groups excluding carboxylic acids is 3. The fraction of sp³-hybridized carbons (Fsp3) is 0.675. The molecule has 1 aromatic carbocycles. The number of hydrogen-bond acceptors (Lipinski definition) is 4. The maximum absolute atomic E-state index is 13.9. The van der Waals surface area contributed by atoms with Crippen LogP contribution < -0.4 is 5.32 Å². The molecule has 45 heavy (non-hydrogen) atoms. The van der Waals surface area contributed by atoms with Crippen molar-refractivity contribution in [3.8, 4) is 0 Å². The summed E-state index contributed by atoms with van der Waals surface area (Å²) in [6, 6.07) is 8.00. The molecule has 0 radical (unpaired) electrons. The standard InChI is InChI=1S/C40H55NO4/c1-25(2)28-15-20-40(33(43)23-41-24-42)22-21-38(6)30(34(28)40)13-14-32-37(5)18-16-29(26-9-11-27(12-10-26)35(44)45-8)36(3,4)31(37)17-19-39(32,38)7/h9-12,16,24,28,30-32,34H,1,13-15,17-23H2,2-8H3,(H,41,42)/t28-,30+,31-,32+,34+,37-,38+,39+,40+/m0/s1. The monoisotopic (exact) mass is 613 g/mol. The predicted molar refractivity (Wildman–Crippen MR) is 179 cm³/mol. The fourth-order valence-corrected chi connectivity index (χ4v) is 12.9. The van der Waals surface area contributed by atoms with Gasteiger partial charge in [-0.15, -0.1) is 0 Å². The predicted octanol–water partition coefficient (Wildman–Crippen LogP) is 8.44. The van der Waals surface area contributed by atoms with Crippen LogP contribution in [0, 0.1) is 56.7 Å². The number of ketones is 1. The number of Topliss-reactive ketones (excluding diaryl/α,β-unsaturated/α-hetero) is 1. The first kappa shape index (κ1) is 32.3. The molecule has 1 N–H and O–H groups in total. The lowest BCUT2D eigenvalue weighted by atomic mass is 9.32. The average molecular weight is 614 g/mol. The number of nitrogens with one attached hydrogen (secondary N) is 1. The van der Waals surface area contributed by atoms with Crippen LogP contribution in [0.25, 0.3) is 5.57 Å². The Kier molecular flexibility index (Phi) is 7.85. The summed E-state index contributed by atoms with van der Waals surface area (Å²) in [6.45, 7) is 19.5. The maximum Gasteiger partial charge on any atom is 0.337 e. The zero-order chi connectivity index (χ0) is 32.6. The lowest BCUT2D eigenvalue weighted by Gasteiger charge is -2.72. The number of fused-ring (bicyclic) bond motifs is 7. The van der Waals surface area contributed by atoms with E-state index in [1.807, 2.05) is 12.1 Å². The minimum Gasteiger partial charge on any atom is -0.465 e. The number of esters is 1. The molecule has 0 unspecified atom stereocenters. The Hall–Kier alpha value is -2.69. The van der Waals surface area contributed by atoms with Gasteiger partial charge in [-0.1, -0.05) is 65.0 Å². The van der Waals surface area contributed by atoms with Crippen molar-refractivity contribution in [1.82, 2.24) is 5.32 Å². The zero-order valence-electron chi connectivity index (χ0n) is 28.8. The van der Waals surface area contributed by atoms with Gasteiger partial charge in [0.05, 0.1) is 19.2 Å². The molecular formula is C40H55NO4. The van der Waals surface area contributed by atoms with E-state index < -0.39 is 0 Å². The highest BCUT2D eigenvalue weighted by Gasteiger charge is 2.71. The SMILES string of the molecule is C=C(C)[C@@H]1CC[C@]2(C(=O)CNC=O)CC[C@]3(C)[C@H](CC[C@@H]4[C@@]5(C)CC=C(c6ccc(C(=O)OC)cc6)C(C)(C)[C@@H]5CC[C@]43C)[C@@H]12. The molecule has 244 valence electrons. The van der Waals surface area contributed by atoms with Gasteiger partial charge in [-0.3, -0.25) is 9.59 Å². The van der Waals surface area contributed by atoms with Crippen LogP contribution in [0.1, 0.15) is 115 Å². The van der Waals surface area contributed by atoms with Crippen molar-refractivity contribution in [3.63, 3.8) is 0 Å². The summed E-state index contributed by atoms with van der Waals surface area (Å²) in [4.78, 5) is 37.2. The highest BCUT2D eigenvalue weighted by atomic mass is 16.5. The molecule has 9 atom stereocenters. The van der Waals surface area contributed by atoms with E-state index in [4.69, 9.17) is 4.74 Å². The molecule has 5 heteroatoms. The summed E-state index contributed by atoms with van der Waals surface area (Å²) in [5.41, 5.74) is 4.67. The zero-order valence-corrected chi connectivity index (χ0v) is 28.8. The summed E-state index contributed by atoms with van der Waals surface area (Å²) in [5, 5.41) is 2.72. The van der Waals surface area contributed by atoms with Crippen molar-refractivity contribution < 1.29 is 19.1 Å². The van der Waals surface area contributed by atoms with Gasteiger partial charge in [-0.2, -0.15) is 0 Å². The third-order valence-corrected chi connectivity index (χ3v) is 15.2. The van der Waals surface area contributed by atoms with Crippen LogP contribution in [-0.4, -0.2) is 31.8 Å². The fourth-order valence-electron chi connectivity index (χ4n) is 12.9. The van der Waals surface area contributed by atoms with Crippen LogP contribution in [0.5, 0.6) is 0 Å². The van der Waals surface area contributed by atoms with Crippen molar-refractivity contribution in [2.75, 3.05) is 13.7 Å². The molecule has 0 aromatic heterocycles. The molecule has 4 saturated carbocycles. The van der Waals surface area contributed by atoms with E-state index in [0.717, 1.165) is 32.1 Å². The third kappa shape index (κ3) is 4.41.